The summed E-state index contributed by atoms with van der Waals surface area (Å²) < 4.78 is 41.1. The minimum Gasteiger partial charge on any atom is -0.404 e. The Kier molecular flexibility index (Phi) is 5.82. The first kappa shape index (κ1) is 16.8. The maximum absolute atomic E-state index is 12.3. The average Bonchev–Trinajstić information content (AvgIpc) is 2.30. The first-order chi connectivity index (χ1) is 9.21. The summed E-state index contributed by atoms with van der Waals surface area (Å²) in [7, 11) is 0. The van der Waals surface area contributed by atoms with Crippen LogP contribution in [0, 0.1) is 5.92 Å². The van der Waals surface area contributed by atoms with E-state index >= 15 is 0 Å². The zero-order valence-electron chi connectivity index (χ0n) is 10.6. The molecule has 1 aromatic carbocycles. The summed E-state index contributed by atoms with van der Waals surface area (Å²) in [6.07, 6.45) is -4.71. The SMILES string of the molecule is CC(CN)CC(=O)Nc1ccc(Br)cc1OC(F)(F)F. The van der Waals surface area contributed by atoms with Gasteiger partial charge in [0.15, 0.2) is 5.75 Å². The maximum Gasteiger partial charge on any atom is 0.573 e. The summed E-state index contributed by atoms with van der Waals surface area (Å²) in [5.41, 5.74) is 5.35. The highest BCUT2D eigenvalue weighted by molar-refractivity contribution is 9.10. The van der Waals surface area contributed by atoms with Gasteiger partial charge < -0.3 is 15.8 Å². The quantitative estimate of drug-likeness (QED) is 0.852. The molecular weight excluding hydrogens is 341 g/mol. The molecule has 0 fully saturated rings. The van der Waals surface area contributed by atoms with Crippen LogP contribution in [0.3, 0.4) is 0 Å². The molecule has 0 radical (unpaired) electrons. The molecule has 1 amide bonds. The minimum atomic E-state index is -4.83. The van der Waals surface area contributed by atoms with Crippen molar-refractivity contribution in [3.63, 3.8) is 0 Å². The van der Waals surface area contributed by atoms with E-state index in [2.05, 4.69) is 26.0 Å². The van der Waals surface area contributed by atoms with Crippen molar-refractivity contribution in [1.82, 2.24) is 0 Å². The van der Waals surface area contributed by atoms with Gasteiger partial charge in [-0.05, 0) is 30.7 Å². The van der Waals surface area contributed by atoms with E-state index in [0.29, 0.717) is 11.0 Å². The number of carbonyl (C=O) groups is 1. The largest absolute Gasteiger partial charge is 0.573 e. The van der Waals surface area contributed by atoms with Crippen molar-refractivity contribution in [2.45, 2.75) is 19.7 Å². The van der Waals surface area contributed by atoms with Gasteiger partial charge in [0.1, 0.15) is 0 Å². The molecule has 0 aliphatic rings. The molecule has 4 nitrogen and oxygen atoms in total. The Hall–Kier alpha value is -1.28. The van der Waals surface area contributed by atoms with Crippen molar-refractivity contribution >= 4 is 27.5 Å². The monoisotopic (exact) mass is 354 g/mol. The van der Waals surface area contributed by atoms with Crippen LogP contribution in [0.4, 0.5) is 18.9 Å². The lowest BCUT2D eigenvalue weighted by atomic mass is 10.1. The number of rotatable bonds is 5. The maximum atomic E-state index is 12.3. The molecule has 0 saturated heterocycles. The van der Waals surface area contributed by atoms with Gasteiger partial charge >= 0.3 is 6.36 Å². The Labute approximate surface area is 122 Å². The van der Waals surface area contributed by atoms with Gasteiger partial charge in [-0.25, -0.2) is 0 Å². The Morgan fingerprint density at radius 3 is 2.70 bits per heavy atom. The molecule has 0 spiro atoms. The summed E-state index contributed by atoms with van der Waals surface area (Å²) >= 11 is 3.04. The highest BCUT2D eigenvalue weighted by atomic mass is 79.9. The first-order valence-corrected chi connectivity index (χ1v) is 6.55. The molecule has 0 aliphatic carbocycles. The van der Waals surface area contributed by atoms with E-state index in [4.69, 9.17) is 5.73 Å². The molecule has 0 heterocycles. The molecule has 1 unspecified atom stereocenters. The van der Waals surface area contributed by atoms with Gasteiger partial charge in [-0.3, -0.25) is 4.79 Å². The molecule has 0 aliphatic heterocycles. The van der Waals surface area contributed by atoms with E-state index in [-0.39, 0.29) is 18.0 Å². The molecule has 1 aromatic rings. The second kappa shape index (κ2) is 6.94. The van der Waals surface area contributed by atoms with E-state index < -0.39 is 18.0 Å². The van der Waals surface area contributed by atoms with Crippen molar-refractivity contribution in [3.05, 3.63) is 22.7 Å². The minimum absolute atomic E-state index is 0.0419. The molecule has 20 heavy (non-hydrogen) atoms. The predicted molar refractivity (Wildman–Crippen MR) is 72.3 cm³/mol. The number of benzene rings is 1. The number of amides is 1. The number of nitrogens with one attached hydrogen (secondary N) is 1. The van der Waals surface area contributed by atoms with Gasteiger partial charge in [0.05, 0.1) is 5.69 Å². The normalized spacial score (nSPS) is 12.9. The van der Waals surface area contributed by atoms with Gasteiger partial charge in [-0.2, -0.15) is 0 Å². The highest BCUT2D eigenvalue weighted by Gasteiger charge is 2.32. The van der Waals surface area contributed by atoms with Crippen LogP contribution in [-0.4, -0.2) is 18.8 Å². The fourth-order valence-corrected chi connectivity index (χ4v) is 1.75. The summed E-state index contributed by atoms with van der Waals surface area (Å²) in [5, 5.41) is 2.39. The number of hydrogen-bond donors (Lipinski definition) is 2. The zero-order valence-corrected chi connectivity index (χ0v) is 12.2. The van der Waals surface area contributed by atoms with Crippen LogP contribution in [0.1, 0.15) is 13.3 Å². The predicted octanol–water partition coefficient (Wildman–Crippen LogP) is 3.27. The number of nitrogens with two attached hydrogens (primary N) is 1. The molecule has 1 atom stereocenters. The van der Waals surface area contributed by atoms with Crippen LogP contribution < -0.4 is 15.8 Å². The number of ether oxygens (including phenoxy) is 1. The Bertz CT molecular complexity index is 480. The van der Waals surface area contributed by atoms with Gasteiger partial charge in [0.2, 0.25) is 5.91 Å². The summed E-state index contributed by atoms with van der Waals surface area (Å²) in [6.45, 7) is 2.09. The zero-order chi connectivity index (χ0) is 15.3. The van der Waals surface area contributed by atoms with Crippen LogP contribution in [0.15, 0.2) is 22.7 Å². The fraction of sp³-hybridized carbons (Fsp3) is 0.417. The van der Waals surface area contributed by atoms with Crippen molar-refractivity contribution < 1.29 is 22.7 Å². The lowest BCUT2D eigenvalue weighted by molar-refractivity contribution is -0.274. The van der Waals surface area contributed by atoms with E-state index in [9.17, 15) is 18.0 Å². The van der Waals surface area contributed by atoms with E-state index in [1.807, 2.05) is 0 Å². The van der Waals surface area contributed by atoms with E-state index in [1.54, 1.807) is 6.92 Å². The number of halogens is 4. The summed E-state index contributed by atoms with van der Waals surface area (Å²) in [5.74, 6) is -0.949. The molecule has 0 bridgehead atoms. The third kappa shape index (κ3) is 5.79. The molecule has 3 N–H and O–H groups in total. The van der Waals surface area contributed by atoms with Crippen molar-refractivity contribution in [2.75, 3.05) is 11.9 Å². The fourth-order valence-electron chi connectivity index (χ4n) is 1.41. The standard InChI is InChI=1S/C12H14BrF3N2O2/c1-7(6-17)4-11(19)18-9-3-2-8(13)5-10(9)20-12(14,15)16/h2-3,5,7H,4,6,17H2,1H3,(H,18,19). The summed E-state index contributed by atoms with van der Waals surface area (Å²) in [6, 6.07) is 3.97. The molecule has 112 valence electrons. The van der Waals surface area contributed by atoms with Gasteiger partial charge in [-0.1, -0.05) is 22.9 Å². The highest BCUT2D eigenvalue weighted by Crippen LogP contribution is 2.33. The molecular formula is C12H14BrF3N2O2. The number of carbonyl (C=O) groups excluding carboxylic acids is 1. The Morgan fingerprint density at radius 1 is 1.50 bits per heavy atom. The topological polar surface area (TPSA) is 64.4 Å². The van der Waals surface area contributed by atoms with Gasteiger partial charge in [0.25, 0.3) is 0 Å². The second-order valence-corrected chi connectivity index (χ2v) is 5.20. The average molecular weight is 355 g/mol. The third-order valence-electron chi connectivity index (χ3n) is 2.38. The number of alkyl halides is 3. The number of anilines is 1. The Morgan fingerprint density at radius 2 is 2.15 bits per heavy atom. The van der Waals surface area contributed by atoms with E-state index in [0.717, 1.165) is 6.07 Å². The van der Waals surface area contributed by atoms with Gasteiger partial charge in [0, 0.05) is 10.9 Å². The third-order valence-corrected chi connectivity index (χ3v) is 2.87. The van der Waals surface area contributed by atoms with Crippen molar-refractivity contribution in [3.8, 4) is 5.75 Å². The van der Waals surface area contributed by atoms with Crippen molar-refractivity contribution in [2.24, 2.45) is 11.7 Å². The smallest absolute Gasteiger partial charge is 0.404 e. The van der Waals surface area contributed by atoms with E-state index in [1.165, 1.54) is 12.1 Å². The van der Waals surface area contributed by atoms with Crippen LogP contribution in [0.25, 0.3) is 0 Å². The van der Waals surface area contributed by atoms with Crippen molar-refractivity contribution in [1.29, 1.82) is 0 Å². The lowest BCUT2D eigenvalue weighted by Gasteiger charge is -2.15. The second-order valence-electron chi connectivity index (χ2n) is 4.28. The molecule has 0 saturated carbocycles. The summed E-state index contributed by atoms with van der Waals surface area (Å²) in [4.78, 5) is 11.7. The van der Waals surface area contributed by atoms with Gasteiger partial charge in [-0.15, -0.1) is 13.2 Å². The molecule has 1 rings (SSSR count). The number of hydrogen-bond acceptors (Lipinski definition) is 3. The van der Waals surface area contributed by atoms with Crippen LogP contribution in [0.5, 0.6) is 5.75 Å². The van der Waals surface area contributed by atoms with Crippen LogP contribution in [0.2, 0.25) is 0 Å². The Balaban J connectivity index is 2.86. The van der Waals surface area contributed by atoms with Crippen LogP contribution in [-0.2, 0) is 4.79 Å². The van der Waals surface area contributed by atoms with Crippen LogP contribution >= 0.6 is 15.9 Å². The molecule has 0 aromatic heterocycles. The molecule has 8 heteroatoms. The lowest BCUT2D eigenvalue weighted by Crippen LogP contribution is -2.22. The first-order valence-electron chi connectivity index (χ1n) is 5.76.